The highest BCUT2D eigenvalue weighted by Gasteiger charge is 2.31. The van der Waals surface area contributed by atoms with Gasteiger partial charge in [-0.05, 0) is 44.1 Å². The van der Waals surface area contributed by atoms with Gasteiger partial charge >= 0.3 is 0 Å². The number of methoxy groups -OCH3 is 1. The molecule has 2 saturated heterocycles. The van der Waals surface area contributed by atoms with Crippen LogP contribution in [0.3, 0.4) is 0 Å². The van der Waals surface area contributed by atoms with E-state index in [-0.39, 0.29) is 30.4 Å². The van der Waals surface area contributed by atoms with Crippen molar-refractivity contribution in [2.45, 2.75) is 44.6 Å². The van der Waals surface area contributed by atoms with Crippen LogP contribution in [0.25, 0.3) is 0 Å². The van der Waals surface area contributed by atoms with Crippen LogP contribution in [0.15, 0.2) is 0 Å². The number of ether oxygens (including phenoxy) is 2. The van der Waals surface area contributed by atoms with Crippen molar-refractivity contribution in [3.8, 4) is 0 Å². The average Bonchev–Trinajstić information content (AvgIpc) is 3.47. The van der Waals surface area contributed by atoms with Gasteiger partial charge in [0.05, 0.1) is 18.7 Å². The molecule has 2 aliphatic heterocycles. The molecule has 3 amide bonds. The first-order valence-electron chi connectivity index (χ1n) is 11.9. The monoisotopic (exact) mass is 478 g/mol. The van der Waals surface area contributed by atoms with Gasteiger partial charge in [0.1, 0.15) is 11.1 Å². The number of carbonyl (C=O) groups is 3. The predicted molar refractivity (Wildman–Crippen MR) is 126 cm³/mol. The second-order valence-corrected chi connectivity index (χ2v) is 9.92. The van der Waals surface area contributed by atoms with Crippen molar-refractivity contribution < 1.29 is 23.9 Å². The van der Waals surface area contributed by atoms with Crippen molar-refractivity contribution in [3.05, 3.63) is 16.0 Å². The van der Waals surface area contributed by atoms with Gasteiger partial charge in [-0.15, -0.1) is 11.3 Å². The molecule has 1 aromatic heterocycles. The minimum absolute atomic E-state index is 0.0740. The molecule has 1 aliphatic carbocycles. The van der Waals surface area contributed by atoms with E-state index in [9.17, 15) is 14.4 Å². The molecule has 0 radical (unpaired) electrons. The van der Waals surface area contributed by atoms with Crippen molar-refractivity contribution >= 4 is 34.1 Å². The number of nitrogens with one attached hydrogen (secondary N) is 2. The topological polar surface area (TPSA) is 100 Å². The molecule has 1 atom stereocenters. The molecule has 33 heavy (non-hydrogen) atoms. The molecule has 3 heterocycles. The summed E-state index contributed by atoms with van der Waals surface area (Å²) in [7, 11) is 1.60. The zero-order valence-corrected chi connectivity index (χ0v) is 20.1. The first-order chi connectivity index (χ1) is 16.1. The van der Waals surface area contributed by atoms with Gasteiger partial charge in [0.15, 0.2) is 0 Å². The summed E-state index contributed by atoms with van der Waals surface area (Å²) < 4.78 is 10.5. The summed E-state index contributed by atoms with van der Waals surface area (Å²) in [5, 5.41) is 6.56. The van der Waals surface area contributed by atoms with Gasteiger partial charge in [-0.2, -0.15) is 0 Å². The van der Waals surface area contributed by atoms with Crippen molar-refractivity contribution in [2.75, 3.05) is 64.9 Å². The molecular formula is C23H34N4O5S. The van der Waals surface area contributed by atoms with Crippen LogP contribution < -0.4 is 10.6 Å². The summed E-state index contributed by atoms with van der Waals surface area (Å²) in [6, 6.07) is 0. The van der Waals surface area contributed by atoms with Crippen molar-refractivity contribution in [1.82, 2.24) is 15.1 Å². The number of fused-ring (bicyclic) bond motifs is 1. The highest BCUT2D eigenvalue weighted by Crippen LogP contribution is 2.38. The summed E-state index contributed by atoms with van der Waals surface area (Å²) in [4.78, 5) is 43.4. The molecule has 1 unspecified atom stereocenters. The highest BCUT2D eigenvalue weighted by atomic mass is 32.1. The lowest BCUT2D eigenvalue weighted by Crippen LogP contribution is -2.52. The Morgan fingerprint density at radius 1 is 1.12 bits per heavy atom. The van der Waals surface area contributed by atoms with Gasteiger partial charge in [-0.25, -0.2) is 0 Å². The van der Waals surface area contributed by atoms with Crippen molar-refractivity contribution in [1.29, 1.82) is 0 Å². The Hall–Kier alpha value is -2.01. The second-order valence-electron chi connectivity index (χ2n) is 8.81. The molecule has 3 aliphatic rings. The largest absolute Gasteiger partial charge is 0.383 e. The van der Waals surface area contributed by atoms with Gasteiger partial charge in [0.25, 0.3) is 11.8 Å². The standard InChI is InChI=1S/C23H34N4O5S/c1-31-14-8-24-21(29)20-16-5-2-3-7-18(16)33-22(20)25-19(28)15-26-9-11-27(12-10-26)23(30)17-6-4-13-32-17/h17H,2-15H2,1H3,(H,24,29)(H,25,28). The highest BCUT2D eigenvalue weighted by molar-refractivity contribution is 7.17. The van der Waals surface area contributed by atoms with Gasteiger partial charge in [0, 0.05) is 51.3 Å². The third-order valence-corrected chi connectivity index (χ3v) is 7.71. The van der Waals surface area contributed by atoms with E-state index in [1.54, 1.807) is 7.11 Å². The maximum atomic E-state index is 12.9. The number of carbonyl (C=O) groups excluding carboxylic acids is 3. The van der Waals surface area contributed by atoms with Gasteiger partial charge in [-0.1, -0.05) is 0 Å². The van der Waals surface area contributed by atoms with Crippen LogP contribution in [0.1, 0.15) is 46.5 Å². The minimum atomic E-state index is -0.293. The number of anilines is 1. The molecule has 4 rings (SSSR count). The molecule has 9 nitrogen and oxygen atoms in total. The van der Waals surface area contributed by atoms with Gasteiger partial charge in [-0.3, -0.25) is 19.3 Å². The van der Waals surface area contributed by atoms with Crippen LogP contribution in [0.4, 0.5) is 5.00 Å². The van der Waals surface area contributed by atoms with Crippen LogP contribution in [0.5, 0.6) is 0 Å². The number of aryl methyl sites for hydroxylation is 1. The first kappa shape index (κ1) is 24.1. The molecule has 0 bridgehead atoms. The fourth-order valence-electron chi connectivity index (χ4n) is 4.72. The summed E-state index contributed by atoms with van der Waals surface area (Å²) >= 11 is 1.53. The van der Waals surface area contributed by atoms with E-state index in [1.165, 1.54) is 16.2 Å². The number of hydrogen-bond donors (Lipinski definition) is 2. The maximum absolute atomic E-state index is 12.9. The van der Waals surface area contributed by atoms with E-state index in [2.05, 4.69) is 15.5 Å². The molecule has 2 N–H and O–H groups in total. The number of rotatable bonds is 8. The third kappa shape index (κ3) is 5.92. The Balaban J connectivity index is 1.33. The summed E-state index contributed by atoms with van der Waals surface area (Å²) in [5.74, 6) is -0.202. The summed E-state index contributed by atoms with van der Waals surface area (Å²) in [5.41, 5.74) is 1.70. The number of hydrogen-bond acceptors (Lipinski definition) is 7. The van der Waals surface area contributed by atoms with E-state index in [4.69, 9.17) is 9.47 Å². The molecule has 1 aromatic rings. The van der Waals surface area contributed by atoms with Gasteiger partial charge in [0.2, 0.25) is 5.91 Å². The quantitative estimate of drug-likeness (QED) is 0.546. The lowest BCUT2D eigenvalue weighted by Gasteiger charge is -2.35. The van der Waals surface area contributed by atoms with Crippen molar-refractivity contribution in [3.63, 3.8) is 0 Å². The zero-order valence-electron chi connectivity index (χ0n) is 19.3. The summed E-state index contributed by atoms with van der Waals surface area (Å²) in [6.07, 6.45) is 5.44. The summed E-state index contributed by atoms with van der Waals surface area (Å²) in [6.45, 7) is 4.29. The van der Waals surface area contributed by atoms with E-state index in [0.717, 1.165) is 44.1 Å². The SMILES string of the molecule is COCCNC(=O)c1c(NC(=O)CN2CCN(C(=O)C3CCCO3)CC2)sc2c1CCCC2. The smallest absolute Gasteiger partial charge is 0.254 e. The van der Waals surface area contributed by atoms with Gasteiger partial charge < -0.3 is 25.0 Å². The lowest BCUT2D eigenvalue weighted by molar-refractivity contribution is -0.142. The van der Waals surface area contributed by atoms with E-state index < -0.39 is 0 Å². The number of thiophene rings is 1. The predicted octanol–water partition coefficient (Wildman–Crippen LogP) is 1.26. The molecule has 2 fully saturated rings. The Kier molecular flexibility index (Phi) is 8.34. The van der Waals surface area contributed by atoms with Crippen LogP contribution in [-0.4, -0.2) is 93.2 Å². The number of amides is 3. The molecule has 0 aromatic carbocycles. The molecule has 0 spiro atoms. The Morgan fingerprint density at radius 3 is 2.64 bits per heavy atom. The Labute approximate surface area is 198 Å². The second kappa shape index (κ2) is 11.4. The molecule has 10 heteroatoms. The van der Waals surface area contributed by atoms with Crippen LogP contribution in [0.2, 0.25) is 0 Å². The fraction of sp³-hybridized carbons (Fsp3) is 0.696. The number of piperazine rings is 1. The number of nitrogens with zero attached hydrogens (tertiary/aromatic N) is 2. The van der Waals surface area contributed by atoms with Crippen LogP contribution in [-0.2, 0) is 31.9 Å². The maximum Gasteiger partial charge on any atom is 0.254 e. The molecule has 182 valence electrons. The van der Waals surface area contributed by atoms with Crippen LogP contribution in [0, 0.1) is 0 Å². The van der Waals surface area contributed by atoms with E-state index in [0.29, 0.717) is 56.5 Å². The Bertz CT molecular complexity index is 859. The average molecular weight is 479 g/mol. The fourth-order valence-corrected chi connectivity index (χ4v) is 6.02. The normalized spacial score (nSPS) is 21.0. The third-order valence-electron chi connectivity index (χ3n) is 6.50. The Morgan fingerprint density at radius 2 is 1.91 bits per heavy atom. The lowest BCUT2D eigenvalue weighted by atomic mass is 9.95. The van der Waals surface area contributed by atoms with E-state index in [1.807, 2.05) is 4.90 Å². The molecular weight excluding hydrogens is 444 g/mol. The minimum Gasteiger partial charge on any atom is -0.383 e. The van der Waals surface area contributed by atoms with Crippen LogP contribution >= 0.6 is 11.3 Å². The molecule has 0 saturated carbocycles. The zero-order chi connectivity index (χ0) is 23.2. The van der Waals surface area contributed by atoms with Crippen molar-refractivity contribution in [2.24, 2.45) is 0 Å². The first-order valence-corrected chi connectivity index (χ1v) is 12.7. The van der Waals surface area contributed by atoms with E-state index >= 15 is 0 Å².